The maximum atomic E-state index is 6.06. The first-order chi connectivity index (χ1) is 9.43. The van der Waals surface area contributed by atoms with E-state index in [1.165, 1.54) is 49.8 Å². The van der Waals surface area contributed by atoms with Gasteiger partial charge in [-0.3, -0.25) is 0 Å². The van der Waals surface area contributed by atoms with E-state index in [2.05, 4.69) is 29.6 Å². The quantitative estimate of drug-likeness (QED) is 0.816. The molecule has 0 bridgehead atoms. The normalized spacial score (nSPS) is 34.4. The lowest BCUT2D eigenvalue weighted by molar-refractivity contribution is 0.0732. The fourth-order valence-corrected chi connectivity index (χ4v) is 4.42. The molecule has 2 heteroatoms. The molecule has 1 aromatic rings. The molecule has 0 amide bonds. The minimum atomic E-state index is 0.351. The number of hydrogen-bond acceptors (Lipinski definition) is 2. The highest BCUT2D eigenvalue weighted by Gasteiger charge is 2.43. The Morgan fingerprint density at radius 2 is 1.84 bits per heavy atom. The summed E-state index contributed by atoms with van der Waals surface area (Å²) in [4.78, 5) is 0. The molecule has 4 rings (SSSR count). The van der Waals surface area contributed by atoms with Crippen molar-refractivity contribution in [1.82, 2.24) is 0 Å². The summed E-state index contributed by atoms with van der Waals surface area (Å²) in [6.07, 6.45) is 8.67. The fraction of sp³-hybridized carbons (Fsp3) is 0.647. The lowest BCUT2D eigenvalue weighted by Gasteiger charge is -2.41. The van der Waals surface area contributed by atoms with Gasteiger partial charge >= 0.3 is 0 Å². The molecule has 0 spiro atoms. The lowest BCUT2D eigenvalue weighted by atomic mass is 9.73. The van der Waals surface area contributed by atoms with Gasteiger partial charge in [0.15, 0.2) is 0 Å². The van der Waals surface area contributed by atoms with Crippen molar-refractivity contribution >= 4 is 5.69 Å². The Kier molecular flexibility index (Phi) is 2.99. The zero-order valence-electron chi connectivity index (χ0n) is 11.5. The van der Waals surface area contributed by atoms with Crippen molar-refractivity contribution < 1.29 is 4.74 Å². The Bertz CT molecular complexity index is 452. The van der Waals surface area contributed by atoms with E-state index in [9.17, 15) is 0 Å². The van der Waals surface area contributed by atoms with E-state index < -0.39 is 0 Å². The van der Waals surface area contributed by atoms with E-state index >= 15 is 0 Å². The second-order valence-corrected chi connectivity index (χ2v) is 6.40. The maximum absolute atomic E-state index is 6.06. The first kappa shape index (κ1) is 11.8. The first-order valence-corrected chi connectivity index (χ1v) is 7.90. The molecule has 0 aromatic heterocycles. The predicted molar refractivity (Wildman–Crippen MR) is 77.2 cm³/mol. The molecule has 1 aliphatic carbocycles. The van der Waals surface area contributed by atoms with Crippen LogP contribution in [0, 0.1) is 11.8 Å². The molecule has 2 fully saturated rings. The largest absolute Gasteiger partial charge is 0.381 e. The van der Waals surface area contributed by atoms with E-state index in [1.54, 1.807) is 0 Å². The van der Waals surface area contributed by atoms with Crippen molar-refractivity contribution in [2.75, 3.05) is 11.9 Å². The van der Waals surface area contributed by atoms with Gasteiger partial charge in [-0.05, 0) is 31.2 Å². The second-order valence-electron chi connectivity index (χ2n) is 6.40. The van der Waals surface area contributed by atoms with Crippen LogP contribution >= 0.6 is 0 Å². The SMILES string of the molecule is c1ccc2c(c1)NC(C1CCCCC1)C1CCOC21. The van der Waals surface area contributed by atoms with Crippen LogP contribution < -0.4 is 5.32 Å². The number of nitrogens with one attached hydrogen (secondary N) is 1. The molecule has 19 heavy (non-hydrogen) atoms. The number of para-hydroxylation sites is 1. The number of hydrogen-bond donors (Lipinski definition) is 1. The van der Waals surface area contributed by atoms with E-state index in [0.29, 0.717) is 18.1 Å². The van der Waals surface area contributed by atoms with Crippen molar-refractivity contribution in [3.63, 3.8) is 0 Å². The molecule has 2 nitrogen and oxygen atoms in total. The van der Waals surface area contributed by atoms with Gasteiger partial charge < -0.3 is 10.1 Å². The summed E-state index contributed by atoms with van der Waals surface area (Å²) in [5.41, 5.74) is 2.71. The van der Waals surface area contributed by atoms with Crippen LogP contribution in [0.5, 0.6) is 0 Å². The standard InChI is InChI=1S/C17H23NO/c1-2-6-12(7-3-1)16-14-10-11-19-17(14)13-8-4-5-9-15(13)18-16/h4-5,8-9,12,14,16-18H,1-3,6-7,10-11H2. The van der Waals surface area contributed by atoms with Gasteiger partial charge in [0.25, 0.3) is 0 Å². The fourth-order valence-electron chi connectivity index (χ4n) is 4.42. The highest BCUT2D eigenvalue weighted by atomic mass is 16.5. The third kappa shape index (κ3) is 1.97. The summed E-state index contributed by atoms with van der Waals surface area (Å²) in [5.74, 6) is 1.55. The van der Waals surface area contributed by atoms with Gasteiger partial charge in [0.1, 0.15) is 0 Å². The second kappa shape index (κ2) is 4.82. The third-order valence-electron chi connectivity index (χ3n) is 5.35. The highest BCUT2D eigenvalue weighted by Crippen LogP contribution is 2.48. The zero-order valence-corrected chi connectivity index (χ0v) is 11.5. The van der Waals surface area contributed by atoms with E-state index in [4.69, 9.17) is 4.74 Å². The minimum Gasteiger partial charge on any atom is -0.381 e. The maximum Gasteiger partial charge on any atom is 0.0893 e. The number of fused-ring (bicyclic) bond motifs is 3. The third-order valence-corrected chi connectivity index (χ3v) is 5.35. The molecule has 3 unspecified atom stereocenters. The van der Waals surface area contributed by atoms with E-state index in [0.717, 1.165) is 12.5 Å². The zero-order chi connectivity index (χ0) is 12.7. The van der Waals surface area contributed by atoms with Crippen LogP contribution in [0.25, 0.3) is 0 Å². The molecule has 1 saturated heterocycles. The molecule has 0 radical (unpaired) electrons. The molecule has 2 heterocycles. The highest BCUT2D eigenvalue weighted by molar-refractivity contribution is 5.56. The molecular weight excluding hydrogens is 234 g/mol. The summed E-state index contributed by atoms with van der Waals surface area (Å²) in [7, 11) is 0. The van der Waals surface area contributed by atoms with Gasteiger partial charge in [-0.25, -0.2) is 0 Å². The van der Waals surface area contributed by atoms with Gasteiger partial charge in [-0.15, -0.1) is 0 Å². The smallest absolute Gasteiger partial charge is 0.0893 e. The Labute approximate surface area is 115 Å². The van der Waals surface area contributed by atoms with Gasteiger partial charge in [0, 0.05) is 29.8 Å². The molecule has 102 valence electrons. The van der Waals surface area contributed by atoms with Gasteiger partial charge in [0.2, 0.25) is 0 Å². The van der Waals surface area contributed by atoms with Gasteiger partial charge in [-0.2, -0.15) is 0 Å². The van der Waals surface area contributed by atoms with E-state index in [-0.39, 0.29) is 0 Å². The summed E-state index contributed by atoms with van der Waals surface area (Å²) < 4.78 is 6.06. The Balaban J connectivity index is 1.66. The Morgan fingerprint density at radius 1 is 1.00 bits per heavy atom. The van der Waals surface area contributed by atoms with Crippen molar-refractivity contribution in [3.05, 3.63) is 29.8 Å². The molecule has 2 aliphatic heterocycles. The first-order valence-electron chi connectivity index (χ1n) is 7.90. The van der Waals surface area contributed by atoms with Crippen LogP contribution in [0.2, 0.25) is 0 Å². The average Bonchev–Trinajstić information content (AvgIpc) is 2.97. The predicted octanol–water partition coefficient (Wildman–Crippen LogP) is 4.14. The number of benzene rings is 1. The van der Waals surface area contributed by atoms with Gasteiger partial charge in [-0.1, -0.05) is 37.5 Å². The molecule has 1 N–H and O–H groups in total. The van der Waals surface area contributed by atoms with Crippen molar-refractivity contribution in [1.29, 1.82) is 0 Å². The Hall–Kier alpha value is -1.02. The van der Waals surface area contributed by atoms with Crippen LogP contribution in [0.3, 0.4) is 0 Å². The van der Waals surface area contributed by atoms with E-state index in [1.807, 2.05) is 0 Å². The van der Waals surface area contributed by atoms with Crippen molar-refractivity contribution in [2.45, 2.75) is 50.7 Å². The van der Waals surface area contributed by atoms with Crippen LogP contribution in [0.15, 0.2) is 24.3 Å². The van der Waals surface area contributed by atoms with Gasteiger partial charge in [0.05, 0.1) is 6.10 Å². The minimum absolute atomic E-state index is 0.351. The molecule has 1 aromatic carbocycles. The molecule has 3 atom stereocenters. The topological polar surface area (TPSA) is 21.3 Å². The summed E-state index contributed by atoms with van der Waals surface area (Å²) in [6.45, 7) is 0.939. The average molecular weight is 257 g/mol. The van der Waals surface area contributed by atoms with Crippen LogP contribution in [0.4, 0.5) is 5.69 Å². The lowest BCUT2D eigenvalue weighted by Crippen LogP contribution is -2.42. The van der Waals surface area contributed by atoms with Crippen LogP contribution in [0.1, 0.15) is 50.2 Å². The molecule has 3 aliphatic rings. The number of ether oxygens (including phenoxy) is 1. The number of rotatable bonds is 1. The Morgan fingerprint density at radius 3 is 2.74 bits per heavy atom. The summed E-state index contributed by atoms with van der Waals surface area (Å²) in [5, 5.41) is 3.86. The number of anilines is 1. The molecule has 1 saturated carbocycles. The van der Waals surface area contributed by atoms with Crippen LogP contribution in [-0.4, -0.2) is 12.6 Å². The van der Waals surface area contributed by atoms with Crippen molar-refractivity contribution in [2.24, 2.45) is 11.8 Å². The summed E-state index contributed by atoms with van der Waals surface area (Å²) >= 11 is 0. The molecular formula is C17H23NO. The summed E-state index contributed by atoms with van der Waals surface area (Å²) in [6, 6.07) is 9.38. The monoisotopic (exact) mass is 257 g/mol. The van der Waals surface area contributed by atoms with Crippen molar-refractivity contribution in [3.8, 4) is 0 Å². The van der Waals surface area contributed by atoms with Crippen LogP contribution in [-0.2, 0) is 4.74 Å².